The van der Waals surface area contributed by atoms with Crippen LogP contribution in [-0.2, 0) is 44.7 Å². The van der Waals surface area contributed by atoms with Gasteiger partial charge in [0.05, 0.1) is 94.6 Å². The summed E-state index contributed by atoms with van der Waals surface area (Å²) in [4.78, 5) is 92.5. The Hall–Kier alpha value is -7.41. The van der Waals surface area contributed by atoms with Gasteiger partial charge >= 0.3 is 0 Å². The summed E-state index contributed by atoms with van der Waals surface area (Å²) in [5, 5.41) is 29.3. The Morgan fingerprint density at radius 3 is 2.23 bits per heavy atom. The molecule has 4 heterocycles. The number of methoxy groups -OCH3 is 1. The van der Waals surface area contributed by atoms with E-state index in [1.165, 1.54) is 20.2 Å². The van der Waals surface area contributed by atoms with Crippen LogP contribution in [0.2, 0.25) is 0 Å². The third-order valence-electron chi connectivity index (χ3n) is 11.0. The van der Waals surface area contributed by atoms with Gasteiger partial charge in [0.1, 0.15) is 12.4 Å². The number of fused-ring (bicyclic) bond motifs is 1. The minimum atomic E-state index is -1.02. The van der Waals surface area contributed by atoms with Crippen molar-refractivity contribution < 1.29 is 57.2 Å². The molecule has 24 heteroatoms. The average molecular weight is 955 g/mol. The van der Waals surface area contributed by atoms with E-state index >= 15 is 0 Å². The van der Waals surface area contributed by atoms with E-state index in [-0.39, 0.29) is 66.2 Å². The van der Waals surface area contributed by atoms with E-state index in [2.05, 4.69) is 52.2 Å². The van der Waals surface area contributed by atoms with Gasteiger partial charge in [0.2, 0.25) is 23.6 Å². The lowest BCUT2D eigenvalue weighted by atomic mass is 10.0. The minimum absolute atomic E-state index is 0.0181. The largest absolute Gasteiger partial charge is 0.494 e. The monoisotopic (exact) mass is 954 g/mol. The summed E-state index contributed by atoms with van der Waals surface area (Å²) in [7, 11) is 2.98. The Morgan fingerprint density at radius 1 is 0.797 bits per heavy atom. The van der Waals surface area contributed by atoms with Gasteiger partial charge in [0.25, 0.3) is 17.7 Å². The number of imide groups is 2. The summed E-state index contributed by atoms with van der Waals surface area (Å²) >= 11 is 0. The highest BCUT2D eigenvalue weighted by Crippen LogP contribution is 2.37. The molecule has 2 aromatic carbocycles. The summed E-state index contributed by atoms with van der Waals surface area (Å²) in [6.07, 6.45) is 3.51. The first kappa shape index (κ1) is 49.5. The molecule has 1 atom stereocenters. The third-order valence-corrected chi connectivity index (χ3v) is 11.0. The summed E-state index contributed by atoms with van der Waals surface area (Å²) in [6.45, 7) is 3.76. The van der Waals surface area contributed by atoms with Gasteiger partial charge in [-0.05, 0) is 49.6 Å². The van der Waals surface area contributed by atoms with Gasteiger partial charge < -0.3 is 50.3 Å². The van der Waals surface area contributed by atoms with Crippen molar-refractivity contribution in [1.29, 1.82) is 0 Å². The Bertz CT molecular complexity index is 2530. The summed E-state index contributed by atoms with van der Waals surface area (Å²) in [5.41, 5.74) is 2.40. The maximum atomic E-state index is 13.0. The lowest BCUT2D eigenvalue weighted by Crippen LogP contribution is -2.54. The molecule has 6 N–H and O–H groups in total. The van der Waals surface area contributed by atoms with Crippen molar-refractivity contribution in [3.63, 3.8) is 0 Å². The van der Waals surface area contributed by atoms with E-state index in [1.807, 2.05) is 0 Å². The van der Waals surface area contributed by atoms with Crippen LogP contribution in [0, 0.1) is 5.92 Å². The Balaban J connectivity index is 0.713. The molecular formula is C45H54N12O12. The lowest BCUT2D eigenvalue weighted by molar-refractivity contribution is -0.136. The van der Waals surface area contributed by atoms with E-state index in [1.54, 1.807) is 47.4 Å². The summed E-state index contributed by atoms with van der Waals surface area (Å²) < 4.78 is 29.5. The minimum Gasteiger partial charge on any atom is -0.494 e. The molecule has 1 aliphatic carbocycles. The van der Waals surface area contributed by atoms with Crippen molar-refractivity contribution in [3.8, 4) is 17.1 Å². The number of carbonyl (C=O) groups is 7. The number of amides is 7. The molecule has 1 saturated heterocycles. The van der Waals surface area contributed by atoms with Crippen molar-refractivity contribution in [1.82, 2.24) is 45.8 Å². The van der Waals surface area contributed by atoms with Crippen molar-refractivity contribution in [2.24, 2.45) is 5.92 Å². The first-order valence-electron chi connectivity index (χ1n) is 22.5. The van der Waals surface area contributed by atoms with Gasteiger partial charge in [0.15, 0.2) is 23.1 Å². The summed E-state index contributed by atoms with van der Waals surface area (Å²) in [5.74, 6) is -2.08. The number of piperidine rings is 1. The number of rotatable bonds is 27. The van der Waals surface area contributed by atoms with Crippen LogP contribution < -0.4 is 36.6 Å². The Kier molecular flexibility index (Phi) is 17.2. The molecule has 1 saturated carbocycles. The highest BCUT2D eigenvalue weighted by molar-refractivity contribution is 6.23. The zero-order chi connectivity index (χ0) is 48.7. The van der Waals surface area contributed by atoms with Crippen LogP contribution in [0.25, 0.3) is 11.4 Å². The van der Waals surface area contributed by atoms with Gasteiger partial charge in [0, 0.05) is 50.7 Å². The molecule has 0 bridgehead atoms. The second-order valence-corrected chi connectivity index (χ2v) is 15.9. The molecule has 3 aliphatic rings. The first-order valence-corrected chi connectivity index (χ1v) is 22.5. The second kappa shape index (κ2) is 24.0. The molecule has 2 aliphatic heterocycles. The number of aromatic nitrogens is 5. The van der Waals surface area contributed by atoms with Gasteiger partial charge in [-0.25, -0.2) is 4.98 Å². The van der Waals surface area contributed by atoms with Crippen LogP contribution in [0.4, 0.5) is 22.9 Å². The quantitative estimate of drug-likeness (QED) is 0.0362. The van der Waals surface area contributed by atoms with Crippen LogP contribution in [-0.4, -0.2) is 157 Å². The number of nitrogens with one attached hydrogen (secondary N) is 6. The van der Waals surface area contributed by atoms with Crippen LogP contribution in [0.1, 0.15) is 63.3 Å². The van der Waals surface area contributed by atoms with Crippen LogP contribution in [0.3, 0.4) is 0 Å². The number of anilines is 4. The van der Waals surface area contributed by atoms with Gasteiger partial charge in [-0.15, -0.1) is 10.2 Å². The fourth-order valence-corrected chi connectivity index (χ4v) is 7.28. The molecule has 1 unspecified atom stereocenters. The van der Waals surface area contributed by atoms with Crippen LogP contribution in [0.15, 0.2) is 48.8 Å². The zero-order valence-electron chi connectivity index (χ0n) is 38.2. The van der Waals surface area contributed by atoms with Gasteiger partial charge in [-0.1, -0.05) is 6.07 Å². The molecule has 0 radical (unpaired) electrons. The average Bonchev–Trinajstić information content (AvgIpc) is 4.05. The number of ether oxygens (including phenoxy) is 5. The molecule has 2 aromatic heterocycles. The zero-order valence-corrected chi connectivity index (χ0v) is 38.2. The van der Waals surface area contributed by atoms with Crippen molar-refractivity contribution in [3.05, 3.63) is 65.6 Å². The molecule has 4 aromatic rings. The maximum absolute atomic E-state index is 13.0. The van der Waals surface area contributed by atoms with E-state index in [9.17, 15) is 33.6 Å². The number of benzene rings is 2. The van der Waals surface area contributed by atoms with E-state index in [0.717, 1.165) is 17.7 Å². The number of hydrogen-bond donors (Lipinski definition) is 6. The predicted octanol–water partition coefficient (Wildman–Crippen LogP) is 1.28. The number of para-hydroxylation sites is 1. The lowest BCUT2D eigenvalue weighted by Gasteiger charge is -2.27. The highest BCUT2D eigenvalue weighted by Gasteiger charge is 2.44. The summed E-state index contributed by atoms with van der Waals surface area (Å²) in [6, 6.07) is 10.6. The number of hydrogen-bond acceptors (Lipinski definition) is 18. The third kappa shape index (κ3) is 13.2. The SMILES string of the molecule is CNC(=O)c1nnc(NC(=O)C2CC2)cc1Nc1cccc(-c2ncn(CCNC(=O)CCOCCOCCOCCOCCNc3ccc4c(c3)C(=O)N(C3CCC(=O)NC3=O)C4=O)n2)c1OC. The van der Waals surface area contributed by atoms with Gasteiger partial charge in [-0.2, -0.15) is 5.10 Å². The van der Waals surface area contributed by atoms with Crippen molar-refractivity contribution in [2.45, 2.75) is 44.7 Å². The number of nitrogens with zero attached hydrogens (tertiary/aromatic N) is 6. The first-order chi connectivity index (χ1) is 33.5. The molecule has 7 amide bonds. The van der Waals surface area contributed by atoms with Gasteiger partial charge in [-0.3, -0.25) is 48.5 Å². The highest BCUT2D eigenvalue weighted by atomic mass is 16.6. The van der Waals surface area contributed by atoms with E-state index in [4.69, 9.17) is 23.7 Å². The Morgan fingerprint density at radius 2 is 1.52 bits per heavy atom. The molecule has 69 heavy (non-hydrogen) atoms. The van der Waals surface area contributed by atoms with Crippen LogP contribution in [0.5, 0.6) is 5.75 Å². The van der Waals surface area contributed by atoms with Crippen molar-refractivity contribution >= 4 is 64.2 Å². The molecule has 2 fully saturated rings. The normalized spacial score (nSPS) is 15.4. The smallest absolute Gasteiger partial charge is 0.273 e. The molecule has 24 nitrogen and oxygen atoms in total. The fraction of sp³-hybridized carbons (Fsp3) is 0.444. The number of carbonyl (C=O) groups excluding carboxylic acids is 7. The maximum Gasteiger partial charge on any atom is 0.273 e. The molecule has 7 rings (SSSR count). The molecule has 0 spiro atoms. The van der Waals surface area contributed by atoms with E-state index in [0.29, 0.717) is 100 Å². The Labute approximate surface area is 395 Å². The standard InChI is InChI=1S/C45H54N12O12/c1-46-43(62)38-33(25-35(53-54-38)51-41(60)27-6-7-27)50-32-5-3-4-30(39(32)65-2)40-49-26-56(55-40)15-13-48-36(58)12-16-66-18-20-68-22-23-69-21-19-67-17-14-47-28-8-9-29-31(24-28)45(64)57(44(29)63)34-10-11-37(59)52-42(34)61/h3-5,8-9,24-27,34,47H,6-7,10-23H2,1-2H3,(H,46,62)(H,48,58)(H,52,59,61)(H2,50,51,53,60). The molecule has 366 valence electrons. The fourth-order valence-electron chi connectivity index (χ4n) is 7.28. The second-order valence-electron chi connectivity index (χ2n) is 15.9. The van der Waals surface area contributed by atoms with E-state index < -0.39 is 35.6 Å². The molecular weight excluding hydrogens is 901 g/mol. The van der Waals surface area contributed by atoms with Crippen molar-refractivity contribution in [2.75, 3.05) is 96.1 Å². The predicted molar refractivity (Wildman–Crippen MR) is 245 cm³/mol. The topological polar surface area (TPSA) is 298 Å². The van der Waals surface area contributed by atoms with Crippen LogP contribution >= 0.6 is 0 Å².